The number of pyridine rings is 1. The topological polar surface area (TPSA) is 65.5 Å². The molecule has 1 atom stereocenters. The highest BCUT2D eigenvalue weighted by Crippen LogP contribution is 2.35. The molecule has 4 rings (SSSR count). The van der Waals surface area contributed by atoms with Crippen LogP contribution in [-0.2, 0) is 4.79 Å². The number of hydrogen-bond acceptors (Lipinski definition) is 5. The molecule has 1 aliphatic heterocycles. The van der Waals surface area contributed by atoms with Crippen LogP contribution in [0.25, 0.3) is 10.2 Å². The molecule has 1 aliphatic rings. The molecule has 3 aromatic heterocycles. The Bertz CT molecular complexity index is 1030. The van der Waals surface area contributed by atoms with Gasteiger partial charge in [0, 0.05) is 18.2 Å². The molecule has 0 saturated carbocycles. The largest absolute Gasteiger partial charge is 0.313 e. The van der Waals surface area contributed by atoms with Crippen molar-refractivity contribution in [2.75, 3.05) is 0 Å². The molecule has 0 radical (unpaired) electrons. The number of rotatable bonds is 3. The van der Waals surface area contributed by atoms with Crippen molar-refractivity contribution in [3.05, 3.63) is 55.3 Å². The Kier molecular flexibility index (Phi) is 4.05. The van der Waals surface area contributed by atoms with E-state index in [1.54, 1.807) is 16.3 Å². The van der Waals surface area contributed by atoms with E-state index in [-0.39, 0.29) is 17.5 Å². The number of hydrazone groups is 1. The summed E-state index contributed by atoms with van der Waals surface area (Å²) in [4.78, 5) is 28.8. The molecule has 5 nitrogen and oxygen atoms in total. The number of nitrogens with zero attached hydrogens (tertiary/aromatic N) is 2. The Hall–Kier alpha value is -2.25. The van der Waals surface area contributed by atoms with E-state index in [2.05, 4.69) is 10.1 Å². The maximum Gasteiger partial charge on any atom is 0.258 e. The lowest BCUT2D eigenvalue weighted by atomic mass is 9.97. The fourth-order valence-corrected chi connectivity index (χ4v) is 4.84. The molecule has 0 spiro atoms. The van der Waals surface area contributed by atoms with Crippen LogP contribution in [0.5, 0.6) is 0 Å². The van der Waals surface area contributed by atoms with Gasteiger partial charge < -0.3 is 4.98 Å². The first kappa shape index (κ1) is 16.2. The Morgan fingerprint density at radius 3 is 2.96 bits per heavy atom. The highest BCUT2D eigenvalue weighted by molar-refractivity contribution is 7.16. The van der Waals surface area contributed by atoms with Crippen molar-refractivity contribution in [3.8, 4) is 0 Å². The van der Waals surface area contributed by atoms with Crippen molar-refractivity contribution < 1.29 is 4.79 Å². The van der Waals surface area contributed by atoms with E-state index < -0.39 is 0 Å². The van der Waals surface area contributed by atoms with Crippen molar-refractivity contribution in [2.24, 2.45) is 5.10 Å². The van der Waals surface area contributed by atoms with E-state index in [0.29, 0.717) is 24.1 Å². The zero-order valence-electron chi connectivity index (χ0n) is 13.9. The van der Waals surface area contributed by atoms with Crippen LogP contribution >= 0.6 is 22.7 Å². The third-order valence-corrected chi connectivity index (χ3v) is 6.11. The molecule has 3 aromatic rings. The van der Waals surface area contributed by atoms with Crippen LogP contribution in [0, 0.1) is 6.92 Å². The Labute approximate surface area is 152 Å². The van der Waals surface area contributed by atoms with Gasteiger partial charge in [-0.25, -0.2) is 5.01 Å². The van der Waals surface area contributed by atoms with Crippen LogP contribution in [0.2, 0.25) is 0 Å². The third-order valence-electron chi connectivity index (χ3n) is 4.58. The highest BCUT2D eigenvalue weighted by Gasteiger charge is 2.34. The summed E-state index contributed by atoms with van der Waals surface area (Å²) in [6, 6.07) is 3.89. The average Bonchev–Trinajstić information content (AvgIpc) is 3.33. The van der Waals surface area contributed by atoms with Crippen LogP contribution < -0.4 is 5.56 Å². The van der Waals surface area contributed by atoms with Gasteiger partial charge in [-0.05, 0) is 46.3 Å². The second-order valence-corrected chi connectivity index (χ2v) is 7.73. The lowest BCUT2D eigenvalue weighted by Crippen LogP contribution is -2.25. The maximum atomic E-state index is 12.6. The minimum Gasteiger partial charge on any atom is -0.313 e. The van der Waals surface area contributed by atoms with E-state index in [1.165, 1.54) is 11.3 Å². The molecule has 128 valence electrons. The smallest absolute Gasteiger partial charge is 0.258 e. The molecule has 0 bridgehead atoms. The number of nitrogens with one attached hydrogen (secondary N) is 1. The normalized spacial score (nSPS) is 17.3. The second kappa shape index (κ2) is 6.24. The van der Waals surface area contributed by atoms with Crippen LogP contribution in [0.15, 0.2) is 38.2 Å². The zero-order chi connectivity index (χ0) is 17.6. The summed E-state index contributed by atoms with van der Waals surface area (Å²) in [6.45, 7) is 3.78. The van der Waals surface area contributed by atoms with Crippen molar-refractivity contribution in [1.29, 1.82) is 0 Å². The monoisotopic (exact) mass is 371 g/mol. The number of carbonyl (C=O) groups excluding carboxylic acids is 1. The lowest BCUT2D eigenvalue weighted by Gasteiger charge is -2.20. The summed E-state index contributed by atoms with van der Waals surface area (Å²) < 4.78 is 0. The molecule has 25 heavy (non-hydrogen) atoms. The lowest BCUT2D eigenvalue weighted by molar-refractivity contribution is -0.132. The zero-order valence-corrected chi connectivity index (χ0v) is 15.5. The standard InChI is InChI=1S/C18H17N3O2S2/c1-3-15(22)21-14(11-4-6-24-9-11)8-13(20-21)16-10(2)12-5-7-25-18(12)19-17(16)23/h4-7,9,14H,3,8H2,1-2H3,(H,19,23)/t14-/m1/s1. The van der Waals surface area contributed by atoms with Gasteiger partial charge in [-0.3, -0.25) is 9.59 Å². The number of thiophene rings is 2. The molecule has 0 unspecified atom stereocenters. The van der Waals surface area contributed by atoms with E-state index in [0.717, 1.165) is 21.3 Å². The second-order valence-electron chi connectivity index (χ2n) is 6.03. The summed E-state index contributed by atoms with van der Waals surface area (Å²) in [7, 11) is 0. The predicted octanol–water partition coefficient (Wildman–Crippen LogP) is 4.05. The summed E-state index contributed by atoms with van der Waals surface area (Å²) in [5, 5.41) is 13.2. The number of aromatic amines is 1. The van der Waals surface area contributed by atoms with Gasteiger partial charge in [0.05, 0.1) is 17.3 Å². The van der Waals surface area contributed by atoms with Crippen molar-refractivity contribution in [2.45, 2.75) is 32.7 Å². The summed E-state index contributed by atoms with van der Waals surface area (Å²) in [6.07, 6.45) is 0.943. The minimum absolute atomic E-state index is 0.0307. The van der Waals surface area contributed by atoms with Gasteiger partial charge in [0.1, 0.15) is 4.83 Å². The number of H-pyrrole nitrogens is 1. The van der Waals surface area contributed by atoms with E-state index in [1.807, 2.05) is 42.1 Å². The molecule has 4 heterocycles. The fourth-order valence-electron chi connectivity index (χ4n) is 3.30. The number of carbonyl (C=O) groups is 1. The number of aromatic nitrogens is 1. The minimum atomic E-state index is -0.138. The van der Waals surface area contributed by atoms with Crippen LogP contribution in [0.3, 0.4) is 0 Å². The molecule has 0 aliphatic carbocycles. The van der Waals surface area contributed by atoms with Gasteiger partial charge in [0.25, 0.3) is 5.56 Å². The van der Waals surface area contributed by atoms with Crippen LogP contribution in [0.1, 0.15) is 42.5 Å². The third kappa shape index (κ3) is 2.63. The first-order valence-electron chi connectivity index (χ1n) is 8.12. The number of aryl methyl sites for hydroxylation is 1. The first-order valence-corrected chi connectivity index (χ1v) is 9.94. The van der Waals surface area contributed by atoms with Crippen LogP contribution in [0.4, 0.5) is 0 Å². The molecule has 0 fully saturated rings. The SMILES string of the molecule is CCC(=O)N1N=C(c2c(C)c3ccsc3[nH]c2=O)C[C@@H]1c1ccsc1. The summed E-state index contributed by atoms with van der Waals surface area (Å²) >= 11 is 3.11. The van der Waals surface area contributed by atoms with Gasteiger partial charge in [0.15, 0.2) is 0 Å². The van der Waals surface area contributed by atoms with E-state index >= 15 is 0 Å². The summed E-state index contributed by atoms with van der Waals surface area (Å²) in [5.74, 6) is -0.0307. The molecule has 0 saturated heterocycles. The fraction of sp³-hybridized carbons (Fsp3) is 0.278. The molecule has 7 heteroatoms. The number of amides is 1. The van der Waals surface area contributed by atoms with Crippen LogP contribution in [-0.4, -0.2) is 21.6 Å². The molecule has 1 amide bonds. The molecule has 1 N–H and O–H groups in total. The van der Waals surface area contributed by atoms with Gasteiger partial charge in [-0.2, -0.15) is 16.4 Å². The van der Waals surface area contributed by atoms with E-state index in [9.17, 15) is 9.59 Å². The summed E-state index contributed by atoms with van der Waals surface area (Å²) in [5.41, 5.74) is 3.13. The molecular weight excluding hydrogens is 354 g/mol. The number of fused-ring (bicyclic) bond motifs is 1. The van der Waals surface area contributed by atoms with Crippen molar-refractivity contribution in [1.82, 2.24) is 9.99 Å². The van der Waals surface area contributed by atoms with Gasteiger partial charge in [-0.1, -0.05) is 6.92 Å². The van der Waals surface area contributed by atoms with Crippen molar-refractivity contribution >= 4 is 44.5 Å². The molecular formula is C18H17N3O2S2. The predicted molar refractivity (Wildman–Crippen MR) is 103 cm³/mol. The first-order chi connectivity index (χ1) is 12.1. The number of hydrogen-bond donors (Lipinski definition) is 1. The maximum absolute atomic E-state index is 12.6. The molecule has 0 aromatic carbocycles. The quantitative estimate of drug-likeness (QED) is 0.755. The van der Waals surface area contributed by atoms with Gasteiger partial charge >= 0.3 is 0 Å². The van der Waals surface area contributed by atoms with E-state index in [4.69, 9.17) is 0 Å². The Morgan fingerprint density at radius 1 is 1.40 bits per heavy atom. The Morgan fingerprint density at radius 2 is 2.24 bits per heavy atom. The van der Waals surface area contributed by atoms with Gasteiger partial charge in [-0.15, -0.1) is 11.3 Å². The highest BCUT2D eigenvalue weighted by atomic mass is 32.1. The Balaban J connectivity index is 1.83. The average molecular weight is 371 g/mol. The van der Waals surface area contributed by atoms with Crippen molar-refractivity contribution in [3.63, 3.8) is 0 Å². The van der Waals surface area contributed by atoms with Gasteiger partial charge in [0.2, 0.25) is 5.91 Å².